The lowest BCUT2D eigenvalue weighted by molar-refractivity contribution is 0.0697. The van der Waals surface area contributed by atoms with Gasteiger partial charge in [0.05, 0.1) is 16.6 Å². The summed E-state index contributed by atoms with van der Waals surface area (Å²) in [6, 6.07) is 1.58. The third-order valence-electron chi connectivity index (χ3n) is 1.71. The molecule has 5 heteroatoms. The summed E-state index contributed by atoms with van der Waals surface area (Å²) in [5.74, 6) is 0.258. The Hall–Kier alpha value is -1.62. The Morgan fingerprint density at radius 3 is 2.93 bits per heavy atom. The minimum atomic E-state index is -0.927. The Labute approximate surface area is 83.8 Å². The third-order valence-corrected chi connectivity index (χ3v) is 2.66. The SMILES string of the molecule is Cc1ncc(-c2cc(C(=O)O)cs2)o1. The molecule has 0 aliphatic heterocycles. The van der Waals surface area contributed by atoms with Crippen LogP contribution in [0.25, 0.3) is 10.6 Å². The zero-order chi connectivity index (χ0) is 10.1. The van der Waals surface area contributed by atoms with Crippen LogP contribution in [0.4, 0.5) is 0 Å². The first kappa shape index (κ1) is 8.96. The van der Waals surface area contributed by atoms with Crippen LogP contribution in [0.1, 0.15) is 16.2 Å². The molecule has 2 heterocycles. The van der Waals surface area contributed by atoms with Gasteiger partial charge in [-0.2, -0.15) is 0 Å². The standard InChI is InChI=1S/C9H7NO3S/c1-5-10-3-7(13-5)8-2-6(4-14-8)9(11)12/h2-4H,1H3,(H,11,12). The maximum absolute atomic E-state index is 10.6. The molecule has 2 aromatic heterocycles. The van der Waals surface area contributed by atoms with Gasteiger partial charge in [0.2, 0.25) is 0 Å². The Balaban J connectivity index is 2.38. The van der Waals surface area contributed by atoms with E-state index in [0.717, 1.165) is 4.88 Å². The van der Waals surface area contributed by atoms with E-state index in [1.165, 1.54) is 11.3 Å². The van der Waals surface area contributed by atoms with Crippen molar-refractivity contribution in [1.29, 1.82) is 0 Å². The molecule has 0 amide bonds. The highest BCUT2D eigenvalue weighted by Gasteiger charge is 2.10. The van der Waals surface area contributed by atoms with Crippen LogP contribution in [0.3, 0.4) is 0 Å². The van der Waals surface area contributed by atoms with Gasteiger partial charge in [0, 0.05) is 12.3 Å². The average molecular weight is 209 g/mol. The molecular weight excluding hydrogens is 202 g/mol. The molecule has 0 fully saturated rings. The van der Waals surface area contributed by atoms with Crippen LogP contribution >= 0.6 is 11.3 Å². The van der Waals surface area contributed by atoms with Crippen molar-refractivity contribution in [3.63, 3.8) is 0 Å². The number of aromatic nitrogens is 1. The van der Waals surface area contributed by atoms with E-state index in [9.17, 15) is 4.79 Å². The quantitative estimate of drug-likeness (QED) is 0.824. The number of rotatable bonds is 2. The number of nitrogens with zero attached hydrogens (tertiary/aromatic N) is 1. The van der Waals surface area contributed by atoms with Crippen LogP contribution in [0.5, 0.6) is 0 Å². The van der Waals surface area contributed by atoms with Crippen molar-refractivity contribution in [1.82, 2.24) is 4.98 Å². The molecule has 0 bridgehead atoms. The topological polar surface area (TPSA) is 63.3 Å². The number of carboxylic acid groups (broad SMARTS) is 1. The number of carbonyl (C=O) groups is 1. The summed E-state index contributed by atoms with van der Waals surface area (Å²) in [5.41, 5.74) is 0.277. The zero-order valence-electron chi connectivity index (χ0n) is 7.35. The average Bonchev–Trinajstić information content (AvgIpc) is 2.70. The third kappa shape index (κ3) is 1.54. The predicted molar refractivity (Wildman–Crippen MR) is 51.5 cm³/mol. The number of oxazole rings is 1. The van der Waals surface area contributed by atoms with Gasteiger partial charge in [-0.3, -0.25) is 0 Å². The van der Waals surface area contributed by atoms with Crippen LogP contribution in [-0.4, -0.2) is 16.1 Å². The summed E-state index contributed by atoms with van der Waals surface area (Å²) in [6.45, 7) is 1.75. The summed E-state index contributed by atoms with van der Waals surface area (Å²) in [4.78, 5) is 15.3. The Morgan fingerprint density at radius 1 is 1.64 bits per heavy atom. The van der Waals surface area contributed by atoms with Crippen LogP contribution in [-0.2, 0) is 0 Å². The highest BCUT2D eigenvalue weighted by atomic mass is 32.1. The van der Waals surface area contributed by atoms with E-state index in [1.807, 2.05) is 0 Å². The van der Waals surface area contributed by atoms with Crippen LogP contribution < -0.4 is 0 Å². The van der Waals surface area contributed by atoms with E-state index in [1.54, 1.807) is 24.6 Å². The van der Waals surface area contributed by atoms with Crippen LogP contribution in [0, 0.1) is 6.92 Å². The van der Waals surface area contributed by atoms with Crippen molar-refractivity contribution in [2.45, 2.75) is 6.92 Å². The van der Waals surface area contributed by atoms with Gasteiger partial charge in [-0.1, -0.05) is 0 Å². The number of hydrogen-bond donors (Lipinski definition) is 1. The molecule has 0 spiro atoms. The number of hydrogen-bond acceptors (Lipinski definition) is 4. The van der Waals surface area contributed by atoms with Gasteiger partial charge in [0.15, 0.2) is 11.7 Å². The summed E-state index contributed by atoms with van der Waals surface area (Å²) in [7, 11) is 0. The molecule has 1 N–H and O–H groups in total. The summed E-state index contributed by atoms with van der Waals surface area (Å²) >= 11 is 1.33. The second-order valence-corrected chi connectivity index (χ2v) is 3.66. The summed E-state index contributed by atoms with van der Waals surface area (Å²) in [5, 5.41) is 10.3. The van der Waals surface area contributed by atoms with Crippen molar-refractivity contribution in [2.75, 3.05) is 0 Å². The molecule has 0 aliphatic rings. The maximum Gasteiger partial charge on any atom is 0.336 e. The van der Waals surface area contributed by atoms with Crippen molar-refractivity contribution in [3.8, 4) is 10.6 Å². The number of carboxylic acids is 1. The highest BCUT2D eigenvalue weighted by molar-refractivity contribution is 7.13. The summed E-state index contributed by atoms with van der Waals surface area (Å²) < 4.78 is 5.27. The van der Waals surface area contributed by atoms with Crippen molar-refractivity contribution in [2.24, 2.45) is 0 Å². The first-order valence-electron chi connectivity index (χ1n) is 3.91. The zero-order valence-corrected chi connectivity index (χ0v) is 8.17. The molecule has 0 radical (unpaired) electrons. The van der Waals surface area contributed by atoms with E-state index in [4.69, 9.17) is 9.52 Å². The Morgan fingerprint density at radius 2 is 2.43 bits per heavy atom. The molecule has 2 aromatic rings. The lowest BCUT2D eigenvalue weighted by Gasteiger charge is -1.86. The molecule has 0 aliphatic carbocycles. The molecule has 2 rings (SSSR count). The van der Waals surface area contributed by atoms with Crippen molar-refractivity contribution in [3.05, 3.63) is 29.1 Å². The molecule has 0 saturated heterocycles. The molecule has 0 unspecified atom stereocenters. The first-order valence-corrected chi connectivity index (χ1v) is 4.79. The number of aryl methyl sites for hydroxylation is 1. The van der Waals surface area contributed by atoms with Gasteiger partial charge < -0.3 is 9.52 Å². The molecule has 0 atom stereocenters. The fourth-order valence-electron chi connectivity index (χ4n) is 1.05. The van der Waals surface area contributed by atoms with E-state index < -0.39 is 5.97 Å². The largest absolute Gasteiger partial charge is 0.478 e. The monoisotopic (exact) mass is 209 g/mol. The molecule has 4 nitrogen and oxygen atoms in total. The highest BCUT2D eigenvalue weighted by Crippen LogP contribution is 2.27. The molecular formula is C9H7NO3S. The van der Waals surface area contributed by atoms with Crippen LogP contribution in [0.2, 0.25) is 0 Å². The molecule has 14 heavy (non-hydrogen) atoms. The lowest BCUT2D eigenvalue weighted by atomic mass is 10.3. The van der Waals surface area contributed by atoms with Crippen molar-refractivity contribution >= 4 is 17.3 Å². The van der Waals surface area contributed by atoms with Gasteiger partial charge >= 0.3 is 5.97 Å². The normalized spacial score (nSPS) is 10.4. The van der Waals surface area contributed by atoms with Gasteiger partial charge in [0.25, 0.3) is 0 Å². The summed E-state index contributed by atoms with van der Waals surface area (Å²) in [6.07, 6.45) is 1.59. The van der Waals surface area contributed by atoms with E-state index in [0.29, 0.717) is 11.7 Å². The van der Waals surface area contributed by atoms with Gasteiger partial charge in [0.1, 0.15) is 0 Å². The lowest BCUT2D eigenvalue weighted by Crippen LogP contribution is -1.91. The van der Waals surface area contributed by atoms with Gasteiger partial charge in [-0.15, -0.1) is 11.3 Å². The smallest absolute Gasteiger partial charge is 0.336 e. The minimum Gasteiger partial charge on any atom is -0.478 e. The Kier molecular flexibility index (Phi) is 2.09. The molecule has 72 valence electrons. The first-order chi connectivity index (χ1) is 6.66. The van der Waals surface area contributed by atoms with E-state index >= 15 is 0 Å². The fraction of sp³-hybridized carbons (Fsp3) is 0.111. The van der Waals surface area contributed by atoms with Gasteiger partial charge in [-0.25, -0.2) is 9.78 Å². The van der Waals surface area contributed by atoms with E-state index in [2.05, 4.69) is 4.98 Å². The number of aromatic carboxylic acids is 1. The second kappa shape index (κ2) is 3.26. The molecule has 0 saturated carbocycles. The van der Waals surface area contributed by atoms with Crippen molar-refractivity contribution < 1.29 is 14.3 Å². The molecule has 0 aromatic carbocycles. The number of thiophene rings is 1. The Bertz CT molecular complexity index is 472. The van der Waals surface area contributed by atoms with E-state index in [-0.39, 0.29) is 5.56 Å². The van der Waals surface area contributed by atoms with Gasteiger partial charge in [-0.05, 0) is 6.07 Å². The maximum atomic E-state index is 10.6. The van der Waals surface area contributed by atoms with Crippen LogP contribution in [0.15, 0.2) is 22.1 Å². The fourth-order valence-corrected chi connectivity index (χ4v) is 1.88. The predicted octanol–water partition coefficient (Wildman–Crippen LogP) is 2.41. The second-order valence-electron chi connectivity index (χ2n) is 2.75. The minimum absolute atomic E-state index is 0.277.